The Bertz CT molecular complexity index is 460. The first-order valence-corrected chi connectivity index (χ1v) is 7.37. The molecule has 98 valence electrons. The number of alkyl halides is 1. The van der Waals surface area contributed by atoms with Crippen LogP contribution in [0.2, 0.25) is 0 Å². The minimum absolute atomic E-state index is 0.0558. The number of halogens is 2. The molecule has 1 aliphatic carbocycles. The second-order valence-electron chi connectivity index (χ2n) is 4.79. The summed E-state index contributed by atoms with van der Waals surface area (Å²) in [4.78, 5) is 13.8. The maximum absolute atomic E-state index is 12.1. The third kappa shape index (κ3) is 3.09. The molecule has 0 aromatic heterocycles. The summed E-state index contributed by atoms with van der Waals surface area (Å²) in [7, 11) is 1.79. The Morgan fingerprint density at radius 1 is 1.56 bits per heavy atom. The molecule has 1 saturated carbocycles. The highest BCUT2D eigenvalue weighted by atomic mass is 127. The maximum atomic E-state index is 12.1. The van der Waals surface area contributed by atoms with Crippen LogP contribution in [0.4, 0.5) is 0 Å². The Labute approximate surface area is 125 Å². The fourth-order valence-electron chi connectivity index (χ4n) is 2.14. The van der Waals surface area contributed by atoms with Crippen LogP contribution in [0.5, 0.6) is 5.75 Å². The van der Waals surface area contributed by atoms with Gasteiger partial charge in [-0.3, -0.25) is 4.79 Å². The van der Waals surface area contributed by atoms with E-state index in [9.17, 15) is 9.90 Å². The highest BCUT2D eigenvalue weighted by Gasteiger charge is 2.29. The van der Waals surface area contributed by atoms with Gasteiger partial charge in [0.2, 0.25) is 0 Å². The van der Waals surface area contributed by atoms with Gasteiger partial charge in [-0.15, -0.1) is 11.6 Å². The van der Waals surface area contributed by atoms with Gasteiger partial charge in [0.1, 0.15) is 5.75 Å². The molecule has 3 nitrogen and oxygen atoms in total. The van der Waals surface area contributed by atoms with Gasteiger partial charge in [0.05, 0.1) is 3.57 Å². The van der Waals surface area contributed by atoms with Crippen molar-refractivity contribution in [1.82, 2.24) is 4.90 Å². The van der Waals surface area contributed by atoms with Crippen molar-refractivity contribution in [1.29, 1.82) is 0 Å². The number of nitrogens with zero attached hydrogens (tertiary/aromatic N) is 1. The molecule has 0 aliphatic heterocycles. The summed E-state index contributed by atoms with van der Waals surface area (Å²) in [5, 5.41) is 9.89. The summed E-state index contributed by atoms with van der Waals surface area (Å²) in [6, 6.07) is 5.01. The lowest BCUT2D eigenvalue weighted by atomic mass is 9.84. The van der Waals surface area contributed by atoms with E-state index in [-0.39, 0.29) is 17.0 Å². The largest absolute Gasteiger partial charge is 0.507 e. The first kappa shape index (κ1) is 13.9. The van der Waals surface area contributed by atoms with Gasteiger partial charge in [-0.25, -0.2) is 0 Å². The molecule has 0 atom stereocenters. The number of hydrogen-bond donors (Lipinski definition) is 1. The first-order valence-electron chi connectivity index (χ1n) is 5.85. The number of carbonyl (C=O) groups is 1. The van der Waals surface area contributed by atoms with Gasteiger partial charge >= 0.3 is 0 Å². The van der Waals surface area contributed by atoms with Gasteiger partial charge in [-0.1, -0.05) is 0 Å². The predicted octanol–water partition coefficient (Wildman–Crippen LogP) is 3.09. The predicted molar refractivity (Wildman–Crippen MR) is 80.1 cm³/mol. The van der Waals surface area contributed by atoms with Crippen molar-refractivity contribution in [2.45, 2.75) is 18.2 Å². The third-order valence-electron chi connectivity index (χ3n) is 3.25. The summed E-state index contributed by atoms with van der Waals surface area (Å²) >= 11 is 7.95. The molecular formula is C13H15ClINO2. The summed E-state index contributed by atoms with van der Waals surface area (Å²) in [6.45, 7) is 0.731. The Morgan fingerprint density at radius 2 is 2.22 bits per heavy atom. The number of hydrogen-bond acceptors (Lipinski definition) is 2. The van der Waals surface area contributed by atoms with Crippen LogP contribution in [0.25, 0.3) is 0 Å². The SMILES string of the molecule is CN(CC1CC(Cl)C1)C(=O)c1ccc(I)c(O)c1. The van der Waals surface area contributed by atoms with Gasteiger partial charge in [-0.05, 0) is 59.5 Å². The van der Waals surface area contributed by atoms with Crippen molar-refractivity contribution in [2.75, 3.05) is 13.6 Å². The van der Waals surface area contributed by atoms with Crippen molar-refractivity contribution in [3.63, 3.8) is 0 Å². The Morgan fingerprint density at radius 3 is 2.78 bits per heavy atom. The van der Waals surface area contributed by atoms with E-state index < -0.39 is 0 Å². The third-order valence-corrected chi connectivity index (χ3v) is 4.52. The molecule has 0 heterocycles. The normalized spacial score (nSPS) is 22.4. The Balaban J connectivity index is 1.99. The van der Waals surface area contributed by atoms with E-state index in [1.54, 1.807) is 24.1 Å². The molecule has 1 fully saturated rings. The van der Waals surface area contributed by atoms with E-state index in [4.69, 9.17) is 11.6 Å². The lowest BCUT2D eigenvalue weighted by Crippen LogP contribution is -2.37. The quantitative estimate of drug-likeness (QED) is 0.648. The number of carbonyl (C=O) groups excluding carboxylic acids is 1. The van der Waals surface area contributed by atoms with E-state index in [1.807, 2.05) is 22.6 Å². The van der Waals surface area contributed by atoms with Crippen molar-refractivity contribution in [2.24, 2.45) is 5.92 Å². The summed E-state index contributed by atoms with van der Waals surface area (Å²) in [5.74, 6) is 0.609. The Hall–Kier alpha value is -0.490. The van der Waals surface area contributed by atoms with Crippen LogP contribution >= 0.6 is 34.2 Å². The highest BCUT2D eigenvalue weighted by molar-refractivity contribution is 14.1. The molecule has 2 rings (SSSR count). The fourth-order valence-corrected chi connectivity index (χ4v) is 2.98. The van der Waals surface area contributed by atoms with Crippen LogP contribution in [-0.4, -0.2) is 34.9 Å². The minimum Gasteiger partial charge on any atom is -0.507 e. The standard InChI is InChI=1S/C13H15ClINO2/c1-16(7-8-4-10(14)5-8)13(18)9-2-3-11(15)12(17)6-9/h2-3,6,8,10,17H,4-5,7H2,1H3. The molecule has 0 saturated heterocycles. The molecular weight excluding hydrogens is 365 g/mol. The van der Waals surface area contributed by atoms with Crippen molar-refractivity contribution < 1.29 is 9.90 Å². The molecule has 1 aliphatic rings. The molecule has 1 aromatic rings. The average Bonchev–Trinajstić information content (AvgIpc) is 2.29. The Kier molecular flexibility index (Phi) is 4.37. The van der Waals surface area contributed by atoms with Crippen LogP contribution in [0.1, 0.15) is 23.2 Å². The topological polar surface area (TPSA) is 40.5 Å². The number of phenolic OH excluding ortho intramolecular Hbond substituents is 1. The van der Waals surface area contributed by atoms with Gasteiger partial charge in [0.15, 0.2) is 0 Å². The van der Waals surface area contributed by atoms with Crippen LogP contribution in [-0.2, 0) is 0 Å². The molecule has 0 bridgehead atoms. The first-order chi connectivity index (χ1) is 8.47. The molecule has 5 heteroatoms. The zero-order valence-corrected chi connectivity index (χ0v) is 13.0. The zero-order chi connectivity index (χ0) is 13.3. The number of amides is 1. The molecule has 0 unspecified atom stereocenters. The molecule has 18 heavy (non-hydrogen) atoms. The number of benzene rings is 1. The molecule has 1 aromatic carbocycles. The lowest BCUT2D eigenvalue weighted by Gasteiger charge is -2.34. The second-order valence-corrected chi connectivity index (χ2v) is 6.57. The van der Waals surface area contributed by atoms with Crippen LogP contribution < -0.4 is 0 Å². The fraction of sp³-hybridized carbons (Fsp3) is 0.462. The monoisotopic (exact) mass is 379 g/mol. The van der Waals surface area contributed by atoms with Crippen LogP contribution in [0.3, 0.4) is 0 Å². The maximum Gasteiger partial charge on any atom is 0.253 e. The molecule has 0 radical (unpaired) electrons. The second kappa shape index (κ2) is 5.65. The van der Waals surface area contributed by atoms with Crippen LogP contribution in [0, 0.1) is 9.49 Å². The van der Waals surface area contributed by atoms with E-state index >= 15 is 0 Å². The molecule has 1 N–H and O–H groups in total. The van der Waals surface area contributed by atoms with Gasteiger partial charge < -0.3 is 10.0 Å². The molecule has 1 amide bonds. The zero-order valence-electron chi connectivity index (χ0n) is 10.1. The van der Waals surface area contributed by atoms with E-state index in [2.05, 4.69) is 0 Å². The highest BCUT2D eigenvalue weighted by Crippen LogP contribution is 2.32. The summed E-state index contributed by atoms with van der Waals surface area (Å²) < 4.78 is 0.746. The van der Waals surface area contributed by atoms with Crippen LogP contribution in [0.15, 0.2) is 18.2 Å². The van der Waals surface area contributed by atoms with Crippen molar-refractivity contribution in [3.8, 4) is 5.75 Å². The van der Waals surface area contributed by atoms with Gasteiger partial charge in [-0.2, -0.15) is 0 Å². The van der Waals surface area contributed by atoms with E-state index in [0.29, 0.717) is 11.5 Å². The summed E-state index contributed by atoms with van der Waals surface area (Å²) in [6.07, 6.45) is 1.97. The molecule has 0 spiro atoms. The average molecular weight is 380 g/mol. The van der Waals surface area contributed by atoms with E-state index in [1.165, 1.54) is 6.07 Å². The minimum atomic E-state index is -0.0558. The number of aromatic hydroxyl groups is 1. The van der Waals surface area contributed by atoms with E-state index in [0.717, 1.165) is 23.0 Å². The van der Waals surface area contributed by atoms with Gasteiger partial charge in [0, 0.05) is 24.5 Å². The lowest BCUT2D eigenvalue weighted by molar-refractivity contribution is 0.0746. The summed E-state index contributed by atoms with van der Waals surface area (Å²) in [5.41, 5.74) is 0.525. The van der Waals surface area contributed by atoms with Gasteiger partial charge in [0.25, 0.3) is 5.91 Å². The number of phenols is 1. The van der Waals surface area contributed by atoms with Crippen molar-refractivity contribution >= 4 is 40.1 Å². The smallest absolute Gasteiger partial charge is 0.253 e. The number of rotatable bonds is 3. The van der Waals surface area contributed by atoms with Crippen molar-refractivity contribution in [3.05, 3.63) is 27.3 Å².